The number of nitrogens with one attached hydrogen (secondary N) is 1. The Hall–Kier alpha value is -2.48. The van der Waals surface area contributed by atoms with Crippen molar-refractivity contribution in [2.75, 3.05) is 31.5 Å². The van der Waals surface area contributed by atoms with Gasteiger partial charge in [0.25, 0.3) is 0 Å². The summed E-state index contributed by atoms with van der Waals surface area (Å²) in [4.78, 5) is 2.37. The molecule has 1 heterocycles. The lowest BCUT2D eigenvalue weighted by atomic mass is 10.1. The summed E-state index contributed by atoms with van der Waals surface area (Å²) in [6, 6.07) is 21.2. The molecule has 5 nitrogen and oxygen atoms in total. The molecule has 0 spiro atoms. The molecule has 3 aromatic rings. The highest BCUT2D eigenvalue weighted by Crippen LogP contribution is 2.24. The summed E-state index contributed by atoms with van der Waals surface area (Å²) in [5, 5.41) is 6.21. The molecule has 29 heavy (non-hydrogen) atoms. The lowest BCUT2D eigenvalue weighted by Gasteiger charge is -2.35. The average molecular weight is 426 g/mol. The average Bonchev–Trinajstić information content (AvgIpc) is 2.74. The van der Waals surface area contributed by atoms with Crippen molar-refractivity contribution in [1.29, 1.82) is 0 Å². The number of nitrogens with zero attached hydrogens (tertiary/aromatic N) is 2. The first-order chi connectivity index (χ1) is 13.9. The molecule has 0 bridgehead atoms. The minimum atomic E-state index is -3.47. The van der Waals surface area contributed by atoms with Crippen LogP contribution in [0.4, 0.5) is 5.69 Å². The van der Waals surface area contributed by atoms with Gasteiger partial charge in [-0.2, -0.15) is 4.31 Å². The van der Waals surface area contributed by atoms with E-state index >= 15 is 0 Å². The first-order valence-electron chi connectivity index (χ1n) is 9.56. The molecule has 1 N–H and O–H groups in total. The number of hydrogen-bond acceptors (Lipinski definition) is 3. The van der Waals surface area contributed by atoms with Crippen LogP contribution >= 0.6 is 12.2 Å². The van der Waals surface area contributed by atoms with E-state index in [1.807, 2.05) is 48.2 Å². The zero-order chi connectivity index (χ0) is 20.4. The Labute approximate surface area is 177 Å². The predicted molar refractivity (Wildman–Crippen MR) is 122 cm³/mol. The maximum absolute atomic E-state index is 12.9. The van der Waals surface area contributed by atoms with Crippen LogP contribution in [0.15, 0.2) is 71.6 Å². The van der Waals surface area contributed by atoms with Crippen molar-refractivity contribution in [2.24, 2.45) is 0 Å². The van der Waals surface area contributed by atoms with Crippen molar-refractivity contribution in [3.05, 3.63) is 72.3 Å². The Balaban J connectivity index is 1.43. The molecule has 0 aromatic heterocycles. The van der Waals surface area contributed by atoms with E-state index in [0.29, 0.717) is 36.2 Å². The predicted octanol–water partition coefficient (Wildman–Crippen LogP) is 3.85. The van der Waals surface area contributed by atoms with Gasteiger partial charge >= 0.3 is 0 Å². The molecule has 1 aliphatic rings. The number of hydrogen-bond donors (Lipinski definition) is 1. The van der Waals surface area contributed by atoms with Gasteiger partial charge < -0.3 is 10.2 Å². The van der Waals surface area contributed by atoms with Crippen LogP contribution in [-0.2, 0) is 10.0 Å². The Morgan fingerprint density at radius 2 is 1.55 bits per heavy atom. The van der Waals surface area contributed by atoms with Crippen LogP contribution in [0.5, 0.6) is 0 Å². The van der Waals surface area contributed by atoms with Crippen molar-refractivity contribution in [1.82, 2.24) is 9.21 Å². The van der Waals surface area contributed by atoms with Gasteiger partial charge in [0.1, 0.15) is 0 Å². The van der Waals surface area contributed by atoms with Crippen LogP contribution in [0, 0.1) is 6.92 Å². The first-order valence-corrected chi connectivity index (χ1v) is 11.4. The zero-order valence-electron chi connectivity index (χ0n) is 16.2. The van der Waals surface area contributed by atoms with Crippen molar-refractivity contribution >= 4 is 43.8 Å². The van der Waals surface area contributed by atoms with Crippen LogP contribution in [0.1, 0.15) is 5.56 Å². The Kier molecular flexibility index (Phi) is 5.54. The number of thiocarbonyl (C=S) groups is 1. The van der Waals surface area contributed by atoms with E-state index in [0.717, 1.165) is 22.0 Å². The van der Waals surface area contributed by atoms with Crippen molar-refractivity contribution < 1.29 is 8.42 Å². The van der Waals surface area contributed by atoms with Crippen LogP contribution in [0.25, 0.3) is 10.8 Å². The Morgan fingerprint density at radius 1 is 0.897 bits per heavy atom. The number of fused-ring (bicyclic) bond motifs is 1. The van der Waals surface area contributed by atoms with Crippen molar-refractivity contribution in [2.45, 2.75) is 11.8 Å². The van der Waals surface area contributed by atoms with Gasteiger partial charge in [0.15, 0.2) is 5.11 Å². The monoisotopic (exact) mass is 425 g/mol. The second-order valence-corrected chi connectivity index (χ2v) is 9.49. The number of piperazine rings is 1. The van der Waals surface area contributed by atoms with Gasteiger partial charge in [0, 0.05) is 37.3 Å². The van der Waals surface area contributed by atoms with Crippen LogP contribution in [0.3, 0.4) is 0 Å². The van der Waals surface area contributed by atoms with Gasteiger partial charge in [-0.1, -0.05) is 54.1 Å². The quantitative estimate of drug-likeness (QED) is 0.646. The van der Waals surface area contributed by atoms with Gasteiger partial charge in [0.05, 0.1) is 4.90 Å². The molecule has 3 aromatic carbocycles. The number of sulfonamides is 1. The molecular formula is C22H23N3O2S2. The van der Waals surface area contributed by atoms with Crippen LogP contribution in [0.2, 0.25) is 0 Å². The van der Waals surface area contributed by atoms with Gasteiger partial charge in [-0.05, 0) is 42.7 Å². The second-order valence-electron chi connectivity index (χ2n) is 7.16. The molecule has 150 valence electrons. The van der Waals surface area contributed by atoms with E-state index in [2.05, 4.69) is 23.5 Å². The van der Waals surface area contributed by atoms with Gasteiger partial charge in [-0.15, -0.1) is 0 Å². The molecule has 0 unspecified atom stereocenters. The third-order valence-electron chi connectivity index (χ3n) is 5.22. The minimum Gasteiger partial charge on any atom is -0.346 e. The van der Waals surface area contributed by atoms with Crippen molar-refractivity contribution in [3.8, 4) is 0 Å². The van der Waals surface area contributed by atoms with E-state index in [9.17, 15) is 8.42 Å². The lowest BCUT2D eigenvalue weighted by Crippen LogP contribution is -2.51. The molecule has 0 atom stereocenters. The fraction of sp³-hybridized carbons (Fsp3) is 0.227. The summed E-state index contributed by atoms with van der Waals surface area (Å²) in [5.41, 5.74) is 2.00. The molecule has 7 heteroatoms. The Morgan fingerprint density at radius 3 is 2.28 bits per heavy atom. The van der Waals surface area contributed by atoms with E-state index in [-0.39, 0.29) is 0 Å². The summed E-state index contributed by atoms with van der Waals surface area (Å²) in [6.07, 6.45) is 0. The van der Waals surface area contributed by atoms with E-state index < -0.39 is 10.0 Å². The fourth-order valence-electron chi connectivity index (χ4n) is 3.52. The third-order valence-corrected chi connectivity index (χ3v) is 7.49. The summed E-state index contributed by atoms with van der Waals surface area (Å²) in [7, 11) is -3.47. The van der Waals surface area contributed by atoms with Crippen LogP contribution in [-0.4, -0.2) is 48.9 Å². The fourth-order valence-corrected chi connectivity index (χ4v) is 5.23. The number of benzene rings is 3. The van der Waals surface area contributed by atoms with Gasteiger partial charge in [-0.3, -0.25) is 0 Å². The molecule has 0 amide bonds. The van der Waals surface area contributed by atoms with Gasteiger partial charge in [-0.25, -0.2) is 8.42 Å². The maximum Gasteiger partial charge on any atom is 0.243 e. The zero-order valence-corrected chi connectivity index (χ0v) is 17.8. The SMILES string of the molecule is Cc1ccc(S(=O)(=O)N2CCN(C(=S)Nc3cccc4ccccc34)CC2)cc1. The van der Waals surface area contributed by atoms with Gasteiger partial charge in [0.2, 0.25) is 10.0 Å². The number of aryl methyl sites for hydroxylation is 1. The maximum atomic E-state index is 12.9. The lowest BCUT2D eigenvalue weighted by molar-refractivity contribution is 0.268. The van der Waals surface area contributed by atoms with Crippen LogP contribution < -0.4 is 5.32 Å². The first kappa shape index (κ1) is 19.8. The normalized spacial score (nSPS) is 15.4. The molecular weight excluding hydrogens is 402 g/mol. The molecule has 0 aliphatic carbocycles. The molecule has 0 saturated carbocycles. The smallest absolute Gasteiger partial charge is 0.243 e. The second kappa shape index (κ2) is 8.10. The molecule has 1 fully saturated rings. The number of rotatable bonds is 3. The standard InChI is InChI=1S/C22H23N3O2S2/c1-17-9-11-19(12-10-17)29(26,27)25-15-13-24(14-16-25)22(28)23-21-8-4-6-18-5-2-3-7-20(18)21/h2-12H,13-16H2,1H3,(H,23,28). The molecule has 0 radical (unpaired) electrons. The molecule has 1 aliphatic heterocycles. The third kappa shape index (κ3) is 4.12. The molecule has 4 rings (SSSR count). The molecule has 1 saturated heterocycles. The van der Waals surface area contributed by atoms with E-state index in [1.165, 1.54) is 4.31 Å². The summed E-state index contributed by atoms with van der Waals surface area (Å²) in [6.45, 7) is 3.88. The number of anilines is 1. The van der Waals surface area contributed by atoms with E-state index in [1.54, 1.807) is 12.1 Å². The highest BCUT2D eigenvalue weighted by Gasteiger charge is 2.29. The summed E-state index contributed by atoms with van der Waals surface area (Å²) >= 11 is 5.61. The topological polar surface area (TPSA) is 52.7 Å². The Bertz CT molecular complexity index is 1130. The van der Waals surface area contributed by atoms with E-state index in [4.69, 9.17) is 12.2 Å². The highest BCUT2D eigenvalue weighted by atomic mass is 32.2. The summed E-state index contributed by atoms with van der Waals surface area (Å²) in [5.74, 6) is 0. The largest absolute Gasteiger partial charge is 0.346 e. The highest BCUT2D eigenvalue weighted by molar-refractivity contribution is 7.89. The summed E-state index contributed by atoms with van der Waals surface area (Å²) < 4.78 is 27.3. The van der Waals surface area contributed by atoms with Crippen molar-refractivity contribution in [3.63, 3.8) is 0 Å². The minimum absolute atomic E-state index is 0.341.